The molecule has 0 aliphatic rings. The van der Waals surface area contributed by atoms with E-state index in [4.69, 9.17) is 0 Å². The Morgan fingerprint density at radius 3 is 2.53 bits per heavy atom. The third-order valence-corrected chi connectivity index (χ3v) is 3.02. The Kier molecular flexibility index (Phi) is 3.88. The molecule has 0 radical (unpaired) electrons. The smallest absolute Gasteiger partial charge is 0.254 e. The van der Waals surface area contributed by atoms with Crippen LogP contribution in [-0.2, 0) is 0 Å². The van der Waals surface area contributed by atoms with E-state index in [1.807, 2.05) is 0 Å². The number of amides is 1. The summed E-state index contributed by atoms with van der Waals surface area (Å²) in [5.74, 6) is -0.700. The number of hydrogen-bond donors (Lipinski definition) is 1. The maximum absolute atomic E-state index is 13.4. The van der Waals surface area contributed by atoms with Gasteiger partial charge in [0.25, 0.3) is 5.91 Å². The van der Waals surface area contributed by atoms with Crippen molar-refractivity contribution in [1.29, 1.82) is 0 Å². The fraction of sp³-hybridized carbons (Fsp3) is 0.462. The van der Waals surface area contributed by atoms with Gasteiger partial charge >= 0.3 is 0 Å². The van der Waals surface area contributed by atoms with Crippen LogP contribution in [-0.4, -0.2) is 35.1 Å². The van der Waals surface area contributed by atoms with Gasteiger partial charge in [0.1, 0.15) is 5.82 Å². The SMILES string of the molecule is Cc1ccc(C(=O)N(C)C(C)(C)CO)cc1F. The highest BCUT2D eigenvalue weighted by Gasteiger charge is 2.27. The lowest BCUT2D eigenvalue weighted by atomic mass is 10.0. The van der Waals surface area contributed by atoms with Crippen LogP contribution in [0.2, 0.25) is 0 Å². The van der Waals surface area contributed by atoms with Gasteiger partial charge in [-0.1, -0.05) is 6.07 Å². The summed E-state index contributed by atoms with van der Waals surface area (Å²) >= 11 is 0. The molecule has 1 N–H and O–H groups in total. The van der Waals surface area contributed by atoms with Crippen molar-refractivity contribution in [3.8, 4) is 0 Å². The highest BCUT2D eigenvalue weighted by Crippen LogP contribution is 2.17. The zero-order valence-electron chi connectivity index (χ0n) is 10.6. The molecule has 1 aromatic carbocycles. The summed E-state index contributed by atoms with van der Waals surface area (Å²) in [6.45, 7) is 4.99. The number of aliphatic hydroxyl groups excluding tert-OH is 1. The van der Waals surface area contributed by atoms with Crippen LogP contribution in [0, 0.1) is 12.7 Å². The van der Waals surface area contributed by atoms with Crippen LogP contribution < -0.4 is 0 Å². The van der Waals surface area contributed by atoms with Crippen molar-refractivity contribution in [3.63, 3.8) is 0 Å². The van der Waals surface area contributed by atoms with Gasteiger partial charge in [0.15, 0.2) is 0 Å². The largest absolute Gasteiger partial charge is 0.394 e. The predicted molar refractivity (Wildman–Crippen MR) is 64.4 cm³/mol. The molecule has 0 saturated heterocycles. The van der Waals surface area contributed by atoms with Crippen LogP contribution in [0.5, 0.6) is 0 Å². The number of likely N-dealkylation sites (N-methyl/N-ethyl adjacent to an activating group) is 1. The van der Waals surface area contributed by atoms with Crippen LogP contribution >= 0.6 is 0 Å². The van der Waals surface area contributed by atoms with Crippen molar-refractivity contribution in [2.45, 2.75) is 26.3 Å². The van der Waals surface area contributed by atoms with Gasteiger partial charge in [-0.2, -0.15) is 0 Å². The second kappa shape index (κ2) is 4.84. The number of benzene rings is 1. The minimum absolute atomic E-state index is 0.149. The normalized spacial score (nSPS) is 11.4. The van der Waals surface area contributed by atoms with Gasteiger partial charge in [0.05, 0.1) is 12.1 Å². The van der Waals surface area contributed by atoms with E-state index in [0.29, 0.717) is 5.56 Å². The lowest BCUT2D eigenvalue weighted by Gasteiger charge is -2.34. The lowest BCUT2D eigenvalue weighted by molar-refractivity contribution is 0.0473. The minimum atomic E-state index is -0.668. The highest BCUT2D eigenvalue weighted by molar-refractivity contribution is 5.94. The number of rotatable bonds is 3. The average molecular weight is 239 g/mol. The molecule has 0 aliphatic heterocycles. The van der Waals surface area contributed by atoms with Crippen molar-refractivity contribution >= 4 is 5.91 Å². The molecule has 17 heavy (non-hydrogen) atoms. The van der Waals surface area contributed by atoms with Gasteiger partial charge < -0.3 is 10.0 Å². The van der Waals surface area contributed by atoms with E-state index >= 15 is 0 Å². The van der Waals surface area contributed by atoms with E-state index in [0.717, 1.165) is 0 Å². The zero-order chi connectivity index (χ0) is 13.2. The third-order valence-electron chi connectivity index (χ3n) is 3.02. The second-order valence-corrected chi connectivity index (χ2v) is 4.80. The van der Waals surface area contributed by atoms with E-state index in [2.05, 4.69) is 0 Å². The van der Waals surface area contributed by atoms with Gasteiger partial charge in [-0.15, -0.1) is 0 Å². The van der Waals surface area contributed by atoms with Crippen LogP contribution in [0.25, 0.3) is 0 Å². The van der Waals surface area contributed by atoms with Crippen LogP contribution in [0.1, 0.15) is 29.8 Å². The number of nitrogens with zero attached hydrogens (tertiary/aromatic N) is 1. The monoisotopic (exact) mass is 239 g/mol. The fourth-order valence-electron chi connectivity index (χ4n) is 1.30. The van der Waals surface area contributed by atoms with Gasteiger partial charge in [0, 0.05) is 12.6 Å². The van der Waals surface area contributed by atoms with Gasteiger partial charge in [-0.25, -0.2) is 4.39 Å². The molecule has 1 rings (SSSR count). The van der Waals surface area contributed by atoms with Crippen LogP contribution in [0.4, 0.5) is 4.39 Å². The zero-order valence-corrected chi connectivity index (χ0v) is 10.6. The van der Waals surface area contributed by atoms with E-state index in [-0.39, 0.29) is 18.1 Å². The highest BCUT2D eigenvalue weighted by atomic mass is 19.1. The Morgan fingerprint density at radius 1 is 1.47 bits per heavy atom. The van der Waals surface area contributed by atoms with Crippen molar-refractivity contribution < 1.29 is 14.3 Å². The molecule has 1 aromatic rings. The average Bonchev–Trinajstić information content (AvgIpc) is 2.30. The summed E-state index contributed by atoms with van der Waals surface area (Å²) in [5, 5.41) is 9.19. The van der Waals surface area contributed by atoms with E-state index < -0.39 is 11.4 Å². The molecule has 1 amide bonds. The molecular weight excluding hydrogens is 221 g/mol. The number of halogens is 1. The van der Waals surface area contributed by atoms with E-state index in [1.54, 1.807) is 40.0 Å². The van der Waals surface area contributed by atoms with E-state index in [1.165, 1.54) is 11.0 Å². The Balaban J connectivity index is 3.01. The summed E-state index contributed by atoms with van der Waals surface area (Å²) in [4.78, 5) is 13.5. The maximum atomic E-state index is 13.4. The Hall–Kier alpha value is -1.42. The first kappa shape index (κ1) is 13.6. The summed E-state index contributed by atoms with van der Waals surface area (Å²) in [6, 6.07) is 4.38. The van der Waals surface area contributed by atoms with Gasteiger partial charge in [-0.05, 0) is 38.5 Å². The van der Waals surface area contributed by atoms with Crippen LogP contribution in [0.15, 0.2) is 18.2 Å². The molecule has 0 aliphatic carbocycles. The number of aliphatic hydroxyl groups is 1. The molecular formula is C13H18FNO2. The maximum Gasteiger partial charge on any atom is 0.254 e. The van der Waals surface area contributed by atoms with E-state index in [9.17, 15) is 14.3 Å². The molecule has 0 heterocycles. The summed E-state index contributed by atoms with van der Waals surface area (Å²) in [5.41, 5.74) is 0.126. The Morgan fingerprint density at radius 2 is 2.06 bits per heavy atom. The predicted octanol–water partition coefficient (Wildman–Crippen LogP) is 1.98. The molecule has 94 valence electrons. The first-order valence-corrected chi connectivity index (χ1v) is 5.45. The molecule has 0 fully saturated rings. The number of aryl methyl sites for hydroxylation is 1. The number of hydrogen-bond acceptors (Lipinski definition) is 2. The Labute approximate surface area is 101 Å². The van der Waals surface area contributed by atoms with Crippen molar-refractivity contribution in [2.75, 3.05) is 13.7 Å². The van der Waals surface area contributed by atoms with Crippen molar-refractivity contribution in [2.24, 2.45) is 0 Å². The summed E-state index contributed by atoms with van der Waals surface area (Å²) < 4.78 is 13.4. The summed E-state index contributed by atoms with van der Waals surface area (Å²) in [7, 11) is 1.59. The molecule has 0 saturated carbocycles. The molecule has 0 spiro atoms. The molecule has 4 heteroatoms. The number of carbonyl (C=O) groups is 1. The number of carbonyl (C=O) groups excluding carboxylic acids is 1. The first-order valence-electron chi connectivity index (χ1n) is 5.45. The molecule has 0 aromatic heterocycles. The minimum Gasteiger partial charge on any atom is -0.394 e. The van der Waals surface area contributed by atoms with Gasteiger partial charge in [-0.3, -0.25) is 4.79 Å². The second-order valence-electron chi connectivity index (χ2n) is 4.80. The van der Waals surface area contributed by atoms with Crippen molar-refractivity contribution in [1.82, 2.24) is 4.90 Å². The quantitative estimate of drug-likeness (QED) is 0.876. The molecule has 3 nitrogen and oxygen atoms in total. The topological polar surface area (TPSA) is 40.5 Å². The summed E-state index contributed by atoms with van der Waals surface area (Å²) in [6.07, 6.45) is 0. The first-order chi connectivity index (χ1) is 7.79. The van der Waals surface area contributed by atoms with Crippen LogP contribution in [0.3, 0.4) is 0 Å². The lowest BCUT2D eigenvalue weighted by Crippen LogP contribution is -2.47. The fourth-order valence-corrected chi connectivity index (χ4v) is 1.30. The third kappa shape index (κ3) is 2.82. The molecule has 0 atom stereocenters. The molecule has 0 unspecified atom stereocenters. The van der Waals surface area contributed by atoms with Crippen molar-refractivity contribution in [3.05, 3.63) is 35.1 Å². The van der Waals surface area contributed by atoms with Gasteiger partial charge in [0.2, 0.25) is 0 Å². The Bertz CT molecular complexity index is 429. The standard InChI is InChI=1S/C13H18FNO2/c1-9-5-6-10(7-11(9)14)12(17)15(4)13(2,3)8-16/h5-7,16H,8H2,1-4H3. The molecule has 0 bridgehead atoms.